The topological polar surface area (TPSA) is 126 Å². The molecule has 8 nitrogen and oxygen atoms in total. The number of carbonyl (C=O) groups excluding carboxylic acids is 1. The fraction of sp³-hybridized carbons (Fsp3) is 0.976. The molecule has 0 radical (unpaired) electrons. The first-order valence-corrected chi connectivity index (χ1v) is 20.9. The SMILES string of the molecule is CCCCCCCCCCCCCCCC(=O)OC1C(O)C(O)C(O)C1OCC(O)COCCCCCCCCCC(C)CCCCCC. The largest absolute Gasteiger partial charge is 0.457 e. The van der Waals surface area contributed by atoms with Gasteiger partial charge in [-0.2, -0.15) is 0 Å². The Hall–Kier alpha value is -0.770. The van der Waals surface area contributed by atoms with Gasteiger partial charge < -0.3 is 34.6 Å². The van der Waals surface area contributed by atoms with E-state index >= 15 is 0 Å². The van der Waals surface area contributed by atoms with Gasteiger partial charge in [0, 0.05) is 13.0 Å². The molecule has 1 saturated carbocycles. The molecule has 292 valence electrons. The zero-order valence-corrected chi connectivity index (χ0v) is 32.2. The van der Waals surface area contributed by atoms with Gasteiger partial charge in [-0.15, -0.1) is 0 Å². The van der Waals surface area contributed by atoms with E-state index in [0.29, 0.717) is 13.0 Å². The fourth-order valence-corrected chi connectivity index (χ4v) is 6.94. The van der Waals surface area contributed by atoms with Crippen molar-refractivity contribution in [2.75, 3.05) is 19.8 Å². The maximum absolute atomic E-state index is 12.5. The van der Waals surface area contributed by atoms with Crippen LogP contribution in [0, 0.1) is 5.92 Å². The maximum atomic E-state index is 12.5. The van der Waals surface area contributed by atoms with Crippen LogP contribution in [-0.2, 0) is 19.0 Å². The van der Waals surface area contributed by atoms with Gasteiger partial charge in [0.15, 0.2) is 6.10 Å². The zero-order valence-electron chi connectivity index (χ0n) is 32.2. The highest BCUT2D eigenvalue weighted by atomic mass is 16.6. The molecule has 1 aliphatic rings. The Labute approximate surface area is 301 Å². The number of aliphatic hydroxyl groups excluding tert-OH is 4. The van der Waals surface area contributed by atoms with Crippen molar-refractivity contribution < 1.29 is 39.4 Å². The summed E-state index contributed by atoms with van der Waals surface area (Å²) in [4.78, 5) is 12.5. The molecule has 49 heavy (non-hydrogen) atoms. The minimum Gasteiger partial charge on any atom is -0.457 e. The molecule has 7 unspecified atom stereocenters. The van der Waals surface area contributed by atoms with Gasteiger partial charge in [0.05, 0.1) is 13.2 Å². The minimum absolute atomic E-state index is 0.0913. The van der Waals surface area contributed by atoms with Gasteiger partial charge in [0.25, 0.3) is 0 Å². The van der Waals surface area contributed by atoms with Crippen molar-refractivity contribution in [1.82, 2.24) is 0 Å². The minimum atomic E-state index is -1.49. The van der Waals surface area contributed by atoms with Gasteiger partial charge >= 0.3 is 5.97 Å². The van der Waals surface area contributed by atoms with Crippen LogP contribution in [0.25, 0.3) is 0 Å². The van der Waals surface area contributed by atoms with E-state index in [2.05, 4.69) is 20.8 Å². The lowest BCUT2D eigenvalue weighted by Gasteiger charge is -2.24. The van der Waals surface area contributed by atoms with Crippen molar-refractivity contribution in [3.63, 3.8) is 0 Å². The van der Waals surface area contributed by atoms with E-state index in [-0.39, 0.29) is 19.6 Å². The first-order chi connectivity index (χ1) is 23.8. The highest BCUT2D eigenvalue weighted by molar-refractivity contribution is 5.69. The lowest BCUT2D eigenvalue weighted by molar-refractivity contribution is -0.168. The van der Waals surface area contributed by atoms with Crippen molar-refractivity contribution in [3.05, 3.63) is 0 Å². The number of ether oxygens (including phenoxy) is 3. The third-order valence-corrected chi connectivity index (χ3v) is 10.3. The molecular weight excluding hydrogens is 620 g/mol. The lowest BCUT2D eigenvalue weighted by atomic mass is 9.96. The fourth-order valence-electron chi connectivity index (χ4n) is 6.94. The Bertz CT molecular complexity index is 736. The van der Waals surface area contributed by atoms with Crippen molar-refractivity contribution in [2.24, 2.45) is 5.92 Å². The van der Waals surface area contributed by atoms with Gasteiger partial charge in [-0.25, -0.2) is 0 Å². The number of rotatable bonds is 35. The third-order valence-electron chi connectivity index (χ3n) is 10.3. The Morgan fingerprint density at radius 1 is 0.551 bits per heavy atom. The maximum Gasteiger partial charge on any atom is 0.306 e. The molecular formula is C41H80O8. The summed E-state index contributed by atoms with van der Waals surface area (Å²) in [5.41, 5.74) is 0. The summed E-state index contributed by atoms with van der Waals surface area (Å²) in [6.45, 7) is 7.41. The average Bonchev–Trinajstić information content (AvgIpc) is 3.28. The average molecular weight is 701 g/mol. The number of esters is 1. The van der Waals surface area contributed by atoms with Crippen molar-refractivity contribution in [1.29, 1.82) is 0 Å². The van der Waals surface area contributed by atoms with Crippen LogP contribution in [0.1, 0.15) is 194 Å². The van der Waals surface area contributed by atoms with Gasteiger partial charge in [-0.05, 0) is 18.8 Å². The summed E-state index contributed by atoms with van der Waals surface area (Å²) >= 11 is 0. The summed E-state index contributed by atoms with van der Waals surface area (Å²) in [5.74, 6) is 0.382. The second-order valence-corrected chi connectivity index (χ2v) is 15.2. The van der Waals surface area contributed by atoms with Crippen LogP contribution < -0.4 is 0 Å². The second-order valence-electron chi connectivity index (χ2n) is 15.2. The zero-order chi connectivity index (χ0) is 36.0. The standard InChI is InChI=1S/C41H80O8/c1-4-6-8-10-11-12-13-14-15-16-19-22-26-30-36(43)49-41-39(46)37(44)38(45)40(41)48-33-35(42)32-47-31-27-23-20-17-18-21-25-29-34(3)28-24-9-7-5-2/h34-35,37-42,44-46H,4-33H2,1-3H3. The Morgan fingerprint density at radius 2 is 0.980 bits per heavy atom. The number of hydrogen-bond donors (Lipinski definition) is 4. The number of hydrogen-bond acceptors (Lipinski definition) is 8. The van der Waals surface area contributed by atoms with Gasteiger partial charge in [0.2, 0.25) is 0 Å². The highest BCUT2D eigenvalue weighted by Gasteiger charge is 2.52. The second kappa shape index (κ2) is 31.9. The molecule has 4 N–H and O–H groups in total. The molecule has 8 heteroatoms. The van der Waals surface area contributed by atoms with E-state index in [1.54, 1.807) is 0 Å². The molecule has 0 spiro atoms. The first kappa shape index (κ1) is 46.3. The summed E-state index contributed by atoms with van der Waals surface area (Å²) in [6, 6.07) is 0. The molecule has 0 bridgehead atoms. The quantitative estimate of drug-likeness (QED) is 0.0382. The van der Waals surface area contributed by atoms with Crippen LogP contribution >= 0.6 is 0 Å². The Balaban J connectivity index is 2.09. The van der Waals surface area contributed by atoms with Crippen LogP contribution in [0.2, 0.25) is 0 Å². The highest BCUT2D eigenvalue weighted by Crippen LogP contribution is 2.28. The first-order valence-electron chi connectivity index (χ1n) is 20.9. The monoisotopic (exact) mass is 701 g/mol. The van der Waals surface area contributed by atoms with E-state index in [4.69, 9.17) is 14.2 Å². The van der Waals surface area contributed by atoms with Crippen LogP contribution in [0.3, 0.4) is 0 Å². The van der Waals surface area contributed by atoms with Crippen molar-refractivity contribution >= 4 is 5.97 Å². The van der Waals surface area contributed by atoms with E-state index in [9.17, 15) is 25.2 Å². The number of carbonyl (C=O) groups is 1. The van der Waals surface area contributed by atoms with Gasteiger partial charge in [0.1, 0.15) is 30.5 Å². The molecule has 0 aliphatic heterocycles. The smallest absolute Gasteiger partial charge is 0.306 e. The van der Waals surface area contributed by atoms with Gasteiger partial charge in [-0.3, -0.25) is 4.79 Å². The molecule has 1 fully saturated rings. The number of aliphatic hydroxyl groups is 4. The molecule has 0 heterocycles. The number of unbranched alkanes of at least 4 members (excludes halogenated alkanes) is 21. The molecule has 0 amide bonds. The van der Waals surface area contributed by atoms with E-state index in [1.165, 1.54) is 135 Å². The summed E-state index contributed by atoms with van der Waals surface area (Å²) in [6.07, 6.45) is 25.1. The molecule has 0 aromatic rings. The van der Waals surface area contributed by atoms with Crippen LogP contribution in [0.5, 0.6) is 0 Å². The molecule has 0 aromatic carbocycles. The van der Waals surface area contributed by atoms with Crippen LogP contribution in [0.4, 0.5) is 0 Å². The molecule has 0 aromatic heterocycles. The molecule has 1 rings (SSSR count). The van der Waals surface area contributed by atoms with E-state index in [1.807, 2.05) is 0 Å². The molecule has 7 atom stereocenters. The predicted octanol–water partition coefficient (Wildman–Crippen LogP) is 8.97. The summed E-state index contributed by atoms with van der Waals surface area (Å²) < 4.78 is 16.8. The molecule has 1 aliphatic carbocycles. The van der Waals surface area contributed by atoms with Crippen LogP contribution in [0.15, 0.2) is 0 Å². The Kier molecular flexibility index (Phi) is 30.1. The van der Waals surface area contributed by atoms with Crippen molar-refractivity contribution in [3.8, 4) is 0 Å². The Morgan fingerprint density at radius 3 is 1.51 bits per heavy atom. The van der Waals surface area contributed by atoms with Crippen molar-refractivity contribution in [2.45, 2.75) is 231 Å². The van der Waals surface area contributed by atoms with E-state index in [0.717, 1.165) is 31.6 Å². The third kappa shape index (κ3) is 24.2. The van der Waals surface area contributed by atoms with Gasteiger partial charge in [-0.1, -0.05) is 175 Å². The lowest BCUT2D eigenvalue weighted by Crippen LogP contribution is -2.41. The normalized spacial score (nSPS) is 22.1. The predicted molar refractivity (Wildman–Crippen MR) is 200 cm³/mol. The summed E-state index contributed by atoms with van der Waals surface area (Å²) in [5, 5.41) is 41.4. The summed E-state index contributed by atoms with van der Waals surface area (Å²) in [7, 11) is 0. The van der Waals surface area contributed by atoms with Crippen LogP contribution in [-0.4, -0.2) is 82.8 Å². The van der Waals surface area contributed by atoms with E-state index < -0.39 is 42.6 Å². The molecule has 0 saturated heterocycles.